The molecule has 0 aliphatic rings. The van der Waals surface area contributed by atoms with Gasteiger partial charge in [0.05, 0.1) is 6.61 Å². The van der Waals surface area contributed by atoms with E-state index in [1.54, 1.807) is 0 Å². The van der Waals surface area contributed by atoms with Gasteiger partial charge in [0, 0.05) is 19.4 Å². The van der Waals surface area contributed by atoms with E-state index in [1.165, 1.54) is 83.5 Å². The van der Waals surface area contributed by atoms with E-state index in [4.69, 9.17) is 14.2 Å². The molecule has 0 fully saturated rings. The van der Waals surface area contributed by atoms with Crippen molar-refractivity contribution in [1.82, 2.24) is 0 Å². The second kappa shape index (κ2) is 55.6. The Morgan fingerprint density at radius 3 is 1.15 bits per heavy atom. The van der Waals surface area contributed by atoms with E-state index in [2.05, 4.69) is 136 Å². The van der Waals surface area contributed by atoms with Crippen molar-refractivity contribution in [3.05, 3.63) is 122 Å². The maximum Gasteiger partial charge on any atom is 0.306 e. The van der Waals surface area contributed by atoms with Crippen LogP contribution in [-0.4, -0.2) is 37.9 Å². The molecule has 0 aliphatic heterocycles. The zero-order valence-electron chi connectivity index (χ0n) is 42.9. The van der Waals surface area contributed by atoms with Crippen molar-refractivity contribution in [2.75, 3.05) is 19.8 Å². The van der Waals surface area contributed by atoms with Crippen molar-refractivity contribution in [3.63, 3.8) is 0 Å². The van der Waals surface area contributed by atoms with Crippen molar-refractivity contribution in [2.45, 2.75) is 232 Å². The first kappa shape index (κ1) is 62.3. The summed E-state index contributed by atoms with van der Waals surface area (Å²) in [6.45, 7) is 7.46. The fraction of sp³-hybridized carbons (Fsp3) is 0.639. The molecule has 0 aromatic carbocycles. The van der Waals surface area contributed by atoms with Gasteiger partial charge in [-0.2, -0.15) is 0 Å². The molecule has 66 heavy (non-hydrogen) atoms. The molecule has 1 unspecified atom stereocenters. The van der Waals surface area contributed by atoms with Crippen LogP contribution in [0.2, 0.25) is 0 Å². The standard InChI is InChI=1S/C61H100O5/c1-4-7-10-13-16-19-22-25-27-29-30-31-33-35-38-41-44-47-50-53-56-64-57-59(66-61(63)55-52-49-46-43-40-36-24-21-18-15-12-9-6-3)58-65-60(62)54-51-48-45-42-39-37-34-32-28-26-23-20-17-14-11-8-5-2/h8-9,11-12,16-21,25-28,34,36-37,40,46,49,59H,4-7,10,13-15,22-24,29-33,35,38-39,41-45,47-48,50-58H2,1-3H3/b11-8-,12-9-,19-16-,20-17-,21-18-,27-25-,28-26-,37-34-,40-36-,49-46-. The minimum atomic E-state index is -0.594. The van der Waals surface area contributed by atoms with Gasteiger partial charge >= 0.3 is 11.9 Å². The molecule has 0 aromatic rings. The van der Waals surface area contributed by atoms with Crippen molar-refractivity contribution in [3.8, 4) is 0 Å². The maximum atomic E-state index is 12.8. The molecular weight excluding hydrogens is 813 g/mol. The van der Waals surface area contributed by atoms with Crippen molar-refractivity contribution < 1.29 is 23.8 Å². The number of hydrogen-bond acceptors (Lipinski definition) is 5. The van der Waals surface area contributed by atoms with Crippen LogP contribution in [0.15, 0.2) is 122 Å². The van der Waals surface area contributed by atoms with E-state index < -0.39 is 6.10 Å². The van der Waals surface area contributed by atoms with Crippen LogP contribution >= 0.6 is 0 Å². The third kappa shape index (κ3) is 52.9. The molecule has 5 heteroatoms. The maximum absolute atomic E-state index is 12.8. The van der Waals surface area contributed by atoms with Gasteiger partial charge in [0.2, 0.25) is 0 Å². The predicted octanol–water partition coefficient (Wildman–Crippen LogP) is 18.6. The molecule has 0 spiro atoms. The molecule has 0 saturated carbocycles. The molecule has 0 amide bonds. The third-order valence-electron chi connectivity index (χ3n) is 11.0. The Morgan fingerprint density at radius 1 is 0.348 bits per heavy atom. The van der Waals surface area contributed by atoms with Gasteiger partial charge in [-0.25, -0.2) is 0 Å². The average Bonchev–Trinajstić information content (AvgIpc) is 3.32. The molecule has 0 aliphatic carbocycles. The lowest BCUT2D eigenvalue weighted by Crippen LogP contribution is -2.30. The molecule has 1 atom stereocenters. The normalized spacial score (nSPS) is 13.2. The van der Waals surface area contributed by atoms with Crippen LogP contribution in [0.3, 0.4) is 0 Å². The first-order valence-electron chi connectivity index (χ1n) is 27.1. The van der Waals surface area contributed by atoms with E-state index in [9.17, 15) is 9.59 Å². The summed E-state index contributed by atoms with van der Waals surface area (Å²) in [6, 6.07) is 0. The number of carbonyl (C=O) groups is 2. The highest BCUT2D eigenvalue weighted by molar-refractivity contribution is 5.70. The van der Waals surface area contributed by atoms with Gasteiger partial charge in [0.1, 0.15) is 6.61 Å². The summed E-state index contributed by atoms with van der Waals surface area (Å²) < 4.78 is 17.3. The molecule has 0 N–H and O–H groups in total. The van der Waals surface area contributed by atoms with E-state index in [-0.39, 0.29) is 31.6 Å². The fourth-order valence-corrected chi connectivity index (χ4v) is 7.01. The average molecular weight is 913 g/mol. The van der Waals surface area contributed by atoms with Crippen LogP contribution in [0.5, 0.6) is 0 Å². The van der Waals surface area contributed by atoms with Gasteiger partial charge in [0.15, 0.2) is 6.10 Å². The molecule has 0 rings (SSSR count). The number of rotatable bonds is 48. The van der Waals surface area contributed by atoms with Crippen molar-refractivity contribution >= 4 is 11.9 Å². The summed E-state index contributed by atoms with van der Waals surface area (Å²) >= 11 is 0. The summed E-state index contributed by atoms with van der Waals surface area (Å²) in [6.07, 6.45) is 78.0. The lowest BCUT2D eigenvalue weighted by molar-refractivity contribution is -0.162. The fourth-order valence-electron chi connectivity index (χ4n) is 7.01. The smallest absolute Gasteiger partial charge is 0.306 e. The van der Waals surface area contributed by atoms with E-state index in [0.29, 0.717) is 19.4 Å². The Balaban J connectivity index is 4.38. The summed E-state index contributed by atoms with van der Waals surface area (Å²) in [4.78, 5) is 25.4. The number of ether oxygens (including phenoxy) is 3. The van der Waals surface area contributed by atoms with Crippen molar-refractivity contribution in [1.29, 1.82) is 0 Å². The quantitative estimate of drug-likeness (QED) is 0.0346. The monoisotopic (exact) mass is 913 g/mol. The van der Waals surface area contributed by atoms with Gasteiger partial charge in [-0.3, -0.25) is 9.59 Å². The predicted molar refractivity (Wildman–Crippen MR) is 288 cm³/mol. The third-order valence-corrected chi connectivity index (χ3v) is 11.0. The molecular formula is C61H100O5. The van der Waals surface area contributed by atoms with Gasteiger partial charge in [0.25, 0.3) is 0 Å². The molecule has 0 saturated heterocycles. The first-order chi connectivity index (χ1) is 32.6. The van der Waals surface area contributed by atoms with Gasteiger partial charge in [-0.15, -0.1) is 0 Å². The summed E-state index contributed by atoms with van der Waals surface area (Å²) in [5.74, 6) is -0.525. The van der Waals surface area contributed by atoms with Gasteiger partial charge in [-0.1, -0.05) is 219 Å². The van der Waals surface area contributed by atoms with E-state index in [1.807, 2.05) is 6.08 Å². The molecule has 0 heterocycles. The summed E-state index contributed by atoms with van der Waals surface area (Å²) in [7, 11) is 0. The number of allylic oxidation sites excluding steroid dienone is 20. The second-order valence-corrected chi connectivity index (χ2v) is 17.4. The number of esters is 2. The number of hydrogen-bond donors (Lipinski definition) is 0. The highest BCUT2D eigenvalue weighted by atomic mass is 16.6. The zero-order chi connectivity index (χ0) is 47.7. The topological polar surface area (TPSA) is 61.8 Å². The van der Waals surface area contributed by atoms with Crippen LogP contribution in [0.25, 0.3) is 0 Å². The molecule has 5 nitrogen and oxygen atoms in total. The highest BCUT2D eigenvalue weighted by Crippen LogP contribution is 2.13. The largest absolute Gasteiger partial charge is 0.462 e. The Morgan fingerprint density at radius 2 is 0.712 bits per heavy atom. The van der Waals surface area contributed by atoms with Crippen LogP contribution in [0.1, 0.15) is 226 Å². The van der Waals surface area contributed by atoms with Gasteiger partial charge in [-0.05, 0) is 116 Å². The zero-order valence-corrected chi connectivity index (χ0v) is 42.9. The number of unbranched alkanes of at least 4 members (excludes halogenated alkanes) is 17. The Labute approximate surface area is 407 Å². The second-order valence-electron chi connectivity index (χ2n) is 17.4. The van der Waals surface area contributed by atoms with Gasteiger partial charge < -0.3 is 14.2 Å². The Kier molecular flexibility index (Phi) is 52.5. The lowest BCUT2D eigenvalue weighted by Gasteiger charge is -2.18. The Hall–Kier alpha value is -3.70. The van der Waals surface area contributed by atoms with E-state index >= 15 is 0 Å². The van der Waals surface area contributed by atoms with Crippen LogP contribution < -0.4 is 0 Å². The molecule has 0 aromatic heterocycles. The highest BCUT2D eigenvalue weighted by Gasteiger charge is 2.17. The molecule has 374 valence electrons. The first-order valence-corrected chi connectivity index (χ1v) is 27.1. The van der Waals surface area contributed by atoms with Crippen LogP contribution in [0, 0.1) is 0 Å². The number of carbonyl (C=O) groups excluding carboxylic acids is 2. The minimum absolute atomic E-state index is 0.0356. The minimum Gasteiger partial charge on any atom is -0.462 e. The van der Waals surface area contributed by atoms with Crippen LogP contribution in [0.4, 0.5) is 0 Å². The lowest BCUT2D eigenvalue weighted by atomic mass is 10.1. The molecule has 0 radical (unpaired) electrons. The summed E-state index contributed by atoms with van der Waals surface area (Å²) in [5.41, 5.74) is 0. The Bertz CT molecular complexity index is 1350. The van der Waals surface area contributed by atoms with Crippen molar-refractivity contribution in [2.24, 2.45) is 0 Å². The SMILES string of the molecule is CC/C=C\C/C=C\C/C=C\C/C=C\CCCCCCC(=O)OCC(COCCCCCCCCCCCC/C=C\C/C=C\CCCCC)OC(=O)CC/C=C\C/C=C\C/C=C\C/C=C\CC. The van der Waals surface area contributed by atoms with Crippen LogP contribution in [-0.2, 0) is 23.8 Å². The van der Waals surface area contributed by atoms with E-state index in [0.717, 1.165) is 103 Å². The summed E-state index contributed by atoms with van der Waals surface area (Å²) in [5, 5.41) is 0. The molecule has 0 bridgehead atoms.